The summed E-state index contributed by atoms with van der Waals surface area (Å²) in [5.41, 5.74) is -3.93. The normalized spacial score (nSPS) is 23.8. The largest absolute Gasteiger partial charge is 0.467 e. The highest BCUT2D eigenvalue weighted by Gasteiger charge is 2.80. The summed E-state index contributed by atoms with van der Waals surface area (Å²) in [4.78, 5) is 39.0. The van der Waals surface area contributed by atoms with E-state index in [2.05, 4.69) is 0 Å². The van der Waals surface area contributed by atoms with Gasteiger partial charge in [0, 0.05) is 12.8 Å². The van der Waals surface area contributed by atoms with Gasteiger partial charge in [-0.2, -0.15) is 0 Å². The van der Waals surface area contributed by atoms with E-state index in [1.807, 2.05) is 30.3 Å². The Morgan fingerprint density at radius 1 is 0.867 bits per heavy atom. The summed E-state index contributed by atoms with van der Waals surface area (Å²) >= 11 is 0. The lowest BCUT2D eigenvalue weighted by molar-refractivity contribution is -0.210. The van der Waals surface area contributed by atoms with Gasteiger partial charge in [-0.05, 0) is 18.4 Å². The molecule has 1 spiro atoms. The molecule has 0 aromatic heterocycles. The van der Waals surface area contributed by atoms with Gasteiger partial charge in [0.25, 0.3) is 0 Å². The smallest absolute Gasteiger partial charge is 0.354 e. The lowest BCUT2D eigenvalue weighted by atomic mass is 9.82. The first kappa shape index (κ1) is 22.2. The third-order valence-electron chi connectivity index (χ3n) is 5.51. The highest BCUT2D eigenvalue weighted by atomic mass is 16.8. The first-order valence-electron chi connectivity index (χ1n) is 9.67. The number of hydrogen-bond donors (Lipinski definition) is 0. The number of hydrogen-bond acceptors (Lipinski definition) is 9. The second-order valence-corrected chi connectivity index (χ2v) is 7.28. The molecule has 2 fully saturated rings. The van der Waals surface area contributed by atoms with Crippen LogP contribution >= 0.6 is 0 Å². The molecule has 0 bridgehead atoms. The Kier molecular flexibility index (Phi) is 6.44. The number of carbonyl (C=O) groups is 3. The van der Waals surface area contributed by atoms with Crippen LogP contribution in [0.4, 0.5) is 0 Å². The average molecular weight is 422 g/mol. The molecule has 1 saturated heterocycles. The van der Waals surface area contributed by atoms with Gasteiger partial charge in [0.05, 0.1) is 34.5 Å². The van der Waals surface area contributed by atoms with Crippen LogP contribution in [0.2, 0.25) is 0 Å². The number of ether oxygens (including phenoxy) is 6. The molecule has 30 heavy (non-hydrogen) atoms. The lowest BCUT2D eigenvalue weighted by Crippen LogP contribution is -2.69. The van der Waals surface area contributed by atoms with Crippen LogP contribution in [0, 0.1) is 0 Å². The highest BCUT2D eigenvalue weighted by molar-refractivity contribution is 6.11. The van der Waals surface area contributed by atoms with Gasteiger partial charge in [-0.25, -0.2) is 14.4 Å². The zero-order chi connectivity index (χ0) is 21.8. The fourth-order valence-corrected chi connectivity index (χ4v) is 4.10. The van der Waals surface area contributed by atoms with Crippen LogP contribution in [-0.4, -0.2) is 62.8 Å². The quantitative estimate of drug-likeness (QED) is 0.367. The van der Waals surface area contributed by atoms with Gasteiger partial charge < -0.3 is 28.4 Å². The molecule has 0 unspecified atom stereocenters. The monoisotopic (exact) mass is 422 g/mol. The van der Waals surface area contributed by atoms with E-state index in [9.17, 15) is 14.4 Å². The zero-order valence-corrected chi connectivity index (χ0v) is 17.3. The van der Waals surface area contributed by atoms with Crippen molar-refractivity contribution in [2.24, 2.45) is 0 Å². The number of benzene rings is 1. The minimum Gasteiger partial charge on any atom is -0.467 e. The van der Waals surface area contributed by atoms with Gasteiger partial charge in [-0.1, -0.05) is 30.3 Å². The molecule has 1 aliphatic heterocycles. The van der Waals surface area contributed by atoms with E-state index in [1.54, 1.807) is 0 Å². The van der Waals surface area contributed by atoms with Crippen LogP contribution in [-0.2, 0) is 49.4 Å². The van der Waals surface area contributed by atoms with Gasteiger partial charge in [-0.3, -0.25) is 0 Å². The molecular formula is C21H26O9. The summed E-state index contributed by atoms with van der Waals surface area (Å²) in [5.74, 6) is -4.55. The highest BCUT2D eigenvalue weighted by Crippen LogP contribution is 2.53. The first-order valence-corrected chi connectivity index (χ1v) is 9.67. The molecule has 164 valence electrons. The van der Waals surface area contributed by atoms with E-state index in [0.717, 1.165) is 39.7 Å². The molecule has 1 heterocycles. The molecule has 9 nitrogen and oxygen atoms in total. The topological polar surface area (TPSA) is 107 Å². The molecule has 9 heteroatoms. The predicted molar refractivity (Wildman–Crippen MR) is 101 cm³/mol. The maximum absolute atomic E-state index is 13.1. The Labute approximate surface area is 174 Å². The number of rotatable bonds is 7. The van der Waals surface area contributed by atoms with Crippen molar-refractivity contribution in [3.8, 4) is 0 Å². The van der Waals surface area contributed by atoms with Gasteiger partial charge in [0.15, 0.2) is 5.79 Å². The van der Waals surface area contributed by atoms with Crippen LogP contribution in [0.25, 0.3) is 0 Å². The van der Waals surface area contributed by atoms with Crippen molar-refractivity contribution in [2.45, 2.75) is 49.3 Å². The molecule has 1 aliphatic carbocycles. The van der Waals surface area contributed by atoms with Gasteiger partial charge in [0.1, 0.15) is 0 Å². The molecule has 0 N–H and O–H groups in total. The number of esters is 3. The third-order valence-corrected chi connectivity index (χ3v) is 5.51. The predicted octanol–water partition coefficient (Wildman–Crippen LogP) is 1.52. The minimum absolute atomic E-state index is 0.106. The Bertz CT molecular complexity index is 769. The molecule has 0 radical (unpaired) electrons. The summed E-state index contributed by atoms with van der Waals surface area (Å²) in [5, 5.41) is 0. The Hall–Kier alpha value is -2.49. The first-order chi connectivity index (χ1) is 14.4. The van der Waals surface area contributed by atoms with Crippen molar-refractivity contribution < 1.29 is 42.8 Å². The van der Waals surface area contributed by atoms with Crippen LogP contribution in [0.5, 0.6) is 0 Å². The van der Waals surface area contributed by atoms with Crippen molar-refractivity contribution in [3.63, 3.8) is 0 Å². The van der Waals surface area contributed by atoms with Gasteiger partial charge in [0.2, 0.25) is 5.60 Å². The fraction of sp³-hybridized carbons (Fsp3) is 0.571. The molecule has 1 aromatic carbocycles. The van der Waals surface area contributed by atoms with Crippen LogP contribution < -0.4 is 0 Å². The van der Waals surface area contributed by atoms with E-state index < -0.39 is 41.5 Å². The summed E-state index contributed by atoms with van der Waals surface area (Å²) in [7, 11) is 3.30. The van der Waals surface area contributed by atoms with E-state index in [-0.39, 0.29) is 6.61 Å². The van der Waals surface area contributed by atoms with Crippen LogP contribution in [0.3, 0.4) is 0 Å². The average Bonchev–Trinajstić information content (AvgIpc) is 3.35. The molecule has 2 aliphatic rings. The second-order valence-electron chi connectivity index (χ2n) is 7.28. The molecule has 1 atom stereocenters. The van der Waals surface area contributed by atoms with E-state index >= 15 is 0 Å². The van der Waals surface area contributed by atoms with Crippen LogP contribution in [0.1, 0.15) is 31.2 Å². The molecule has 1 aromatic rings. The summed E-state index contributed by atoms with van der Waals surface area (Å²) in [6.45, 7) is -0.380. The summed E-state index contributed by atoms with van der Waals surface area (Å²) in [6.07, 6.45) is 2.25. The minimum atomic E-state index is -2.52. The second kappa shape index (κ2) is 8.71. The van der Waals surface area contributed by atoms with Crippen molar-refractivity contribution in [2.75, 3.05) is 27.9 Å². The van der Waals surface area contributed by atoms with Crippen molar-refractivity contribution in [3.05, 3.63) is 35.9 Å². The number of carbonyl (C=O) groups excluding carboxylic acids is 3. The standard InChI is InChI=1S/C21H26O9/c1-25-16(22)20(14-28-13-15-9-5-4-6-10-15)21(17(23)26-2,18(24)27-3)30-19(29-20)11-7-8-12-19/h4-6,9-10H,7-8,11-14H2,1-3H3/t20-/m1/s1. The molecule has 1 saturated carbocycles. The fourth-order valence-electron chi connectivity index (χ4n) is 4.10. The lowest BCUT2D eigenvalue weighted by Gasteiger charge is -2.35. The summed E-state index contributed by atoms with van der Waals surface area (Å²) in [6, 6.07) is 9.21. The maximum atomic E-state index is 13.1. The van der Waals surface area contributed by atoms with Crippen molar-refractivity contribution in [1.29, 1.82) is 0 Å². The van der Waals surface area contributed by atoms with E-state index in [0.29, 0.717) is 12.8 Å². The van der Waals surface area contributed by atoms with Gasteiger partial charge in [-0.15, -0.1) is 0 Å². The van der Waals surface area contributed by atoms with Gasteiger partial charge >= 0.3 is 23.5 Å². The van der Waals surface area contributed by atoms with E-state index in [1.165, 1.54) is 0 Å². The van der Waals surface area contributed by atoms with Crippen molar-refractivity contribution in [1.82, 2.24) is 0 Å². The maximum Gasteiger partial charge on any atom is 0.354 e. The Morgan fingerprint density at radius 2 is 1.43 bits per heavy atom. The Morgan fingerprint density at radius 3 is 1.97 bits per heavy atom. The Balaban J connectivity index is 2.05. The zero-order valence-electron chi connectivity index (χ0n) is 17.3. The molecule has 0 amide bonds. The van der Waals surface area contributed by atoms with Crippen molar-refractivity contribution >= 4 is 17.9 Å². The summed E-state index contributed by atoms with van der Waals surface area (Å²) < 4.78 is 32.6. The third kappa shape index (κ3) is 3.46. The SMILES string of the molecule is COC(=O)C1(C(=O)OC)OC2(CCCC2)O[C@]1(COCc1ccccc1)C(=O)OC. The number of methoxy groups -OCH3 is 3. The van der Waals surface area contributed by atoms with Crippen LogP contribution in [0.15, 0.2) is 30.3 Å². The molecular weight excluding hydrogens is 396 g/mol. The molecule has 3 rings (SSSR count). The van der Waals surface area contributed by atoms with E-state index in [4.69, 9.17) is 28.4 Å².